The zero-order chi connectivity index (χ0) is 14.9. The topological polar surface area (TPSA) is 58.4 Å². The van der Waals surface area contributed by atoms with Gasteiger partial charge >= 0.3 is 0 Å². The van der Waals surface area contributed by atoms with Crippen LogP contribution in [0.4, 0.5) is 0 Å². The summed E-state index contributed by atoms with van der Waals surface area (Å²) in [5.41, 5.74) is 4.86. The molecule has 0 aromatic carbocycles. The monoisotopic (exact) mass is 271 g/mol. The highest BCUT2D eigenvalue weighted by Crippen LogP contribution is 2.14. The molecule has 1 unspecified atom stereocenters. The van der Waals surface area contributed by atoms with E-state index in [1.807, 2.05) is 6.92 Å². The lowest BCUT2D eigenvalue weighted by atomic mass is 9.95. The van der Waals surface area contributed by atoms with Crippen molar-refractivity contribution in [1.29, 1.82) is 0 Å². The second-order valence-corrected chi connectivity index (χ2v) is 5.63. The predicted molar refractivity (Wildman–Crippen MR) is 82.1 cm³/mol. The van der Waals surface area contributed by atoms with Crippen molar-refractivity contribution < 1.29 is 4.79 Å². The summed E-state index contributed by atoms with van der Waals surface area (Å²) >= 11 is 0. The Morgan fingerprint density at radius 1 is 1.32 bits per heavy atom. The van der Waals surface area contributed by atoms with Crippen molar-refractivity contribution in [3.8, 4) is 0 Å². The Morgan fingerprint density at radius 2 is 1.89 bits per heavy atom. The first-order chi connectivity index (χ1) is 8.93. The molecular formula is C15H33N3O. The van der Waals surface area contributed by atoms with Crippen LogP contribution in [-0.4, -0.2) is 43.0 Å². The minimum Gasteiger partial charge on any atom is -0.368 e. The average molecular weight is 271 g/mol. The minimum absolute atomic E-state index is 0.266. The van der Waals surface area contributed by atoms with Crippen molar-refractivity contribution in [2.24, 2.45) is 11.7 Å². The van der Waals surface area contributed by atoms with E-state index in [1.165, 1.54) is 12.8 Å². The number of carbonyl (C=O) groups excluding carboxylic acids is 1. The number of rotatable bonds is 11. The van der Waals surface area contributed by atoms with Crippen LogP contribution in [0.15, 0.2) is 0 Å². The molecule has 4 heteroatoms. The fourth-order valence-electron chi connectivity index (χ4n) is 2.32. The first-order valence-corrected chi connectivity index (χ1v) is 7.64. The molecule has 1 amide bonds. The van der Waals surface area contributed by atoms with Gasteiger partial charge in [-0.15, -0.1) is 0 Å². The summed E-state index contributed by atoms with van der Waals surface area (Å²) in [4.78, 5) is 13.9. The lowest BCUT2D eigenvalue weighted by molar-refractivity contribution is -0.123. The van der Waals surface area contributed by atoms with Crippen LogP contribution in [-0.2, 0) is 4.79 Å². The van der Waals surface area contributed by atoms with Gasteiger partial charge in [0, 0.05) is 6.54 Å². The molecule has 0 heterocycles. The lowest BCUT2D eigenvalue weighted by Gasteiger charge is -2.29. The molecule has 0 aliphatic heterocycles. The van der Waals surface area contributed by atoms with E-state index in [-0.39, 0.29) is 5.91 Å². The quantitative estimate of drug-likeness (QED) is 0.604. The van der Waals surface area contributed by atoms with E-state index in [1.54, 1.807) is 7.05 Å². The fourth-order valence-corrected chi connectivity index (χ4v) is 2.32. The van der Waals surface area contributed by atoms with E-state index in [0.717, 1.165) is 38.4 Å². The van der Waals surface area contributed by atoms with Crippen LogP contribution in [0.1, 0.15) is 53.4 Å². The van der Waals surface area contributed by atoms with Gasteiger partial charge in [0.1, 0.15) is 0 Å². The van der Waals surface area contributed by atoms with Gasteiger partial charge < -0.3 is 16.0 Å². The first kappa shape index (κ1) is 18.4. The van der Waals surface area contributed by atoms with Crippen molar-refractivity contribution in [3.05, 3.63) is 0 Å². The third-order valence-corrected chi connectivity index (χ3v) is 4.37. The van der Waals surface area contributed by atoms with E-state index < -0.39 is 5.54 Å². The Balaban J connectivity index is 4.18. The van der Waals surface area contributed by atoms with Gasteiger partial charge in [0.05, 0.1) is 5.54 Å². The largest absolute Gasteiger partial charge is 0.368 e. The molecule has 0 saturated carbocycles. The van der Waals surface area contributed by atoms with Crippen LogP contribution < -0.4 is 11.1 Å². The van der Waals surface area contributed by atoms with E-state index in [9.17, 15) is 4.79 Å². The smallest absolute Gasteiger partial charge is 0.237 e. The van der Waals surface area contributed by atoms with Gasteiger partial charge in [-0.05, 0) is 45.8 Å². The summed E-state index contributed by atoms with van der Waals surface area (Å²) in [5, 5.41) is 3.04. The third-order valence-electron chi connectivity index (χ3n) is 4.37. The zero-order valence-corrected chi connectivity index (χ0v) is 13.5. The highest BCUT2D eigenvalue weighted by atomic mass is 16.1. The third kappa shape index (κ3) is 6.39. The number of hydrogen-bond acceptors (Lipinski definition) is 3. The number of nitrogens with zero attached hydrogens (tertiary/aromatic N) is 1. The molecule has 3 N–H and O–H groups in total. The van der Waals surface area contributed by atoms with E-state index >= 15 is 0 Å². The van der Waals surface area contributed by atoms with E-state index in [2.05, 4.69) is 31.0 Å². The number of hydrogen-bond donors (Lipinski definition) is 2. The second kappa shape index (κ2) is 9.32. The first-order valence-electron chi connectivity index (χ1n) is 7.64. The number of nitrogens with two attached hydrogens (primary N) is 1. The van der Waals surface area contributed by atoms with Crippen LogP contribution in [0.25, 0.3) is 0 Å². The molecule has 1 atom stereocenters. The summed E-state index contributed by atoms with van der Waals surface area (Å²) in [6.45, 7) is 11.9. The molecule has 0 rings (SSSR count). The van der Waals surface area contributed by atoms with Gasteiger partial charge in [0.25, 0.3) is 0 Å². The maximum absolute atomic E-state index is 11.4. The van der Waals surface area contributed by atoms with Crippen LogP contribution in [0, 0.1) is 5.92 Å². The van der Waals surface area contributed by atoms with Crippen molar-refractivity contribution in [2.45, 2.75) is 58.9 Å². The number of likely N-dealkylation sites (N-methyl/N-ethyl adjacent to an activating group) is 1. The van der Waals surface area contributed by atoms with Crippen molar-refractivity contribution in [1.82, 2.24) is 10.2 Å². The standard InChI is InChI=1S/C15H33N3O/c1-6-13(7-2)12-18(8-3)11-9-10-15(4,17-5)14(16)19/h13,17H,6-12H2,1-5H3,(H2,16,19). The van der Waals surface area contributed by atoms with Gasteiger partial charge in [-0.1, -0.05) is 33.6 Å². The van der Waals surface area contributed by atoms with E-state index in [4.69, 9.17) is 5.73 Å². The fraction of sp³-hybridized carbons (Fsp3) is 0.933. The molecule has 19 heavy (non-hydrogen) atoms. The molecule has 0 aliphatic carbocycles. The summed E-state index contributed by atoms with van der Waals surface area (Å²) in [6, 6.07) is 0. The Kier molecular flexibility index (Phi) is 9.02. The molecule has 0 saturated heterocycles. The summed E-state index contributed by atoms with van der Waals surface area (Å²) in [7, 11) is 1.80. The number of amides is 1. The molecule has 114 valence electrons. The normalized spacial score (nSPS) is 14.9. The summed E-state index contributed by atoms with van der Waals surface area (Å²) in [6.07, 6.45) is 4.26. The summed E-state index contributed by atoms with van der Waals surface area (Å²) in [5.74, 6) is 0.518. The number of carbonyl (C=O) groups is 1. The van der Waals surface area contributed by atoms with Crippen LogP contribution >= 0.6 is 0 Å². The van der Waals surface area contributed by atoms with Gasteiger partial charge in [-0.2, -0.15) is 0 Å². The molecule has 0 spiro atoms. The molecule has 0 fully saturated rings. The molecule has 0 aromatic heterocycles. The average Bonchev–Trinajstić information content (AvgIpc) is 2.42. The molecule has 0 aliphatic rings. The van der Waals surface area contributed by atoms with Gasteiger partial charge in [-0.3, -0.25) is 4.79 Å². The molecular weight excluding hydrogens is 238 g/mol. The summed E-state index contributed by atoms with van der Waals surface area (Å²) < 4.78 is 0. The van der Waals surface area contributed by atoms with Gasteiger partial charge in [0.2, 0.25) is 5.91 Å². The van der Waals surface area contributed by atoms with Crippen molar-refractivity contribution in [2.75, 3.05) is 26.7 Å². The minimum atomic E-state index is -0.575. The maximum Gasteiger partial charge on any atom is 0.237 e. The Morgan fingerprint density at radius 3 is 2.26 bits per heavy atom. The SMILES string of the molecule is CCC(CC)CN(CC)CCCC(C)(NC)C(N)=O. The lowest BCUT2D eigenvalue weighted by Crippen LogP contribution is -2.51. The van der Waals surface area contributed by atoms with Crippen LogP contribution in [0.5, 0.6) is 0 Å². The molecule has 0 radical (unpaired) electrons. The van der Waals surface area contributed by atoms with E-state index in [0.29, 0.717) is 0 Å². The van der Waals surface area contributed by atoms with Gasteiger partial charge in [-0.25, -0.2) is 0 Å². The Bertz CT molecular complexity index is 254. The Hall–Kier alpha value is -0.610. The molecule has 0 aromatic rings. The Labute approximate surface area is 119 Å². The van der Waals surface area contributed by atoms with Gasteiger partial charge in [0.15, 0.2) is 0 Å². The highest BCUT2D eigenvalue weighted by molar-refractivity contribution is 5.84. The number of nitrogens with one attached hydrogen (secondary N) is 1. The predicted octanol–water partition coefficient (Wildman–Crippen LogP) is 1.99. The second-order valence-electron chi connectivity index (χ2n) is 5.63. The molecule has 0 bridgehead atoms. The maximum atomic E-state index is 11.4. The number of primary amides is 1. The highest BCUT2D eigenvalue weighted by Gasteiger charge is 2.28. The van der Waals surface area contributed by atoms with Crippen LogP contribution in [0.3, 0.4) is 0 Å². The van der Waals surface area contributed by atoms with Crippen LogP contribution in [0.2, 0.25) is 0 Å². The zero-order valence-electron chi connectivity index (χ0n) is 13.5. The van der Waals surface area contributed by atoms with Crippen molar-refractivity contribution in [3.63, 3.8) is 0 Å². The van der Waals surface area contributed by atoms with Crippen molar-refractivity contribution >= 4 is 5.91 Å². The molecule has 4 nitrogen and oxygen atoms in total.